The minimum Gasteiger partial charge on any atom is -0.497 e. The van der Waals surface area contributed by atoms with E-state index in [1.54, 1.807) is 24.3 Å². The van der Waals surface area contributed by atoms with Crippen molar-refractivity contribution in [2.75, 3.05) is 26.1 Å². The number of pyridine rings is 1. The quantitative estimate of drug-likeness (QED) is 0.155. The molecule has 4 aromatic carbocycles. The first-order valence-electron chi connectivity index (χ1n) is 17.3. The molecule has 2 heterocycles. The van der Waals surface area contributed by atoms with Gasteiger partial charge in [-0.2, -0.15) is 17.5 Å². The molecule has 1 unspecified atom stereocenters. The minimum absolute atomic E-state index is 0.00194. The number of aromatic nitrogens is 1. The lowest BCUT2D eigenvalue weighted by atomic mass is 9.91. The minimum atomic E-state index is -4.75. The molecule has 5 aromatic rings. The van der Waals surface area contributed by atoms with Crippen LogP contribution in [0.2, 0.25) is 0 Å². The van der Waals surface area contributed by atoms with Gasteiger partial charge in [0.1, 0.15) is 17.5 Å². The van der Waals surface area contributed by atoms with Crippen molar-refractivity contribution < 1.29 is 35.9 Å². The molecule has 7 rings (SSSR count). The van der Waals surface area contributed by atoms with E-state index in [0.717, 1.165) is 70.1 Å². The van der Waals surface area contributed by atoms with Gasteiger partial charge < -0.3 is 14.8 Å². The van der Waals surface area contributed by atoms with E-state index in [-0.39, 0.29) is 41.4 Å². The maximum Gasteiger partial charge on any atom is 0.416 e. The fraction of sp³-hybridized carbons (Fsp3) is 0.300. The zero-order valence-corrected chi connectivity index (χ0v) is 30.0. The number of halogens is 3. The number of benzene rings is 4. The zero-order valence-electron chi connectivity index (χ0n) is 29.2. The van der Waals surface area contributed by atoms with Crippen LogP contribution < -0.4 is 15.6 Å². The van der Waals surface area contributed by atoms with Crippen LogP contribution in [0.15, 0.2) is 101 Å². The molecule has 0 radical (unpaired) electrons. The van der Waals surface area contributed by atoms with Crippen molar-refractivity contribution in [3.05, 3.63) is 124 Å². The number of carbonyl (C=O) groups is 1. The molecule has 1 saturated carbocycles. The average Bonchev–Trinajstić information content (AvgIpc) is 3.67. The second kappa shape index (κ2) is 14.4. The van der Waals surface area contributed by atoms with Gasteiger partial charge in [-0.15, -0.1) is 0 Å². The van der Waals surface area contributed by atoms with Gasteiger partial charge in [0.05, 0.1) is 19.8 Å². The van der Waals surface area contributed by atoms with Crippen molar-refractivity contribution in [1.82, 2.24) is 8.87 Å². The summed E-state index contributed by atoms with van der Waals surface area (Å²) in [5.74, 6) is -0.321. The summed E-state index contributed by atoms with van der Waals surface area (Å²) in [4.78, 5) is 28.6. The largest absolute Gasteiger partial charge is 0.497 e. The van der Waals surface area contributed by atoms with Gasteiger partial charge in [0, 0.05) is 31.1 Å². The lowest BCUT2D eigenvalue weighted by Gasteiger charge is -2.37. The van der Waals surface area contributed by atoms with Gasteiger partial charge in [-0.25, -0.2) is 13.2 Å². The molecule has 53 heavy (non-hydrogen) atoms. The number of nitrogens with zero attached hydrogens (tertiary/aromatic N) is 2. The second-order valence-corrected chi connectivity index (χ2v) is 15.3. The van der Waals surface area contributed by atoms with Crippen LogP contribution in [0.4, 0.5) is 18.9 Å². The van der Waals surface area contributed by atoms with Crippen molar-refractivity contribution in [3.8, 4) is 16.9 Å². The maximum absolute atomic E-state index is 15.0. The highest BCUT2D eigenvalue weighted by molar-refractivity contribution is 7.89. The molecule has 1 N–H and O–H groups in total. The van der Waals surface area contributed by atoms with Crippen LogP contribution in [-0.2, 0) is 38.7 Å². The number of hydrogen-bond acceptors (Lipinski definition) is 7. The predicted octanol–water partition coefficient (Wildman–Crippen LogP) is 7.56. The normalized spacial score (nSPS) is 17.4. The number of rotatable bonds is 9. The summed E-state index contributed by atoms with van der Waals surface area (Å²) in [5, 5.41) is 4.56. The molecule has 0 bridgehead atoms. The van der Waals surface area contributed by atoms with Crippen molar-refractivity contribution in [2.24, 2.45) is 0 Å². The Bertz CT molecular complexity index is 2350. The number of fused-ring (bicyclic) bond motifs is 2. The van der Waals surface area contributed by atoms with Crippen molar-refractivity contribution in [1.29, 1.82) is 0 Å². The van der Waals surface area contributed by atoms with Crippen LogP contribution in [0.3, 0.4) is 0 Å². The number of carbonyl (C=O) groups excluding carboxylic acids is 1. The van der Waals surface area contributed by atoms with E-state index in [9.17, 15) is 22.8 Å². The summed E-state index contributed by atoms with van der Waals surface area (Å²) < 4.78 is 85.4. The maximum atomic E-state index is 15.0. The van der Waals surface area contributed by atoms with Gasteiger partial charge >= 0.3 is 12.1 Å². The smallest absolute Gasteiger partial charge is 0.416 e. The van der Waals surface area contributed by atoms with Crippen LogP contribution in [-0.4, -0.2) is 50.1 Å². The van der Waals surface area contributed by atoms with E-state index in [1.807, 2.05) is 42.5 Å². The Morgan fingerprint density at radius 3 is 2.32 bits per heavy atom. The summed E-state index contributed by atoms with van der Waals surface area (Å²) >= 11 is 0. The zero-order chi connectivity index (χ0) is 37.5. The molecule has 1 aliphatic heterocycles. The second-order valence-electron chi connectivity index (χ2n) is 13.4. The Hall–Kier alpha value is -5.14. The Morgan fingerprint density at radius 1 is 0.925 bits per heavy atom. The van der Waals surface area contributed by atoms with E-state index in [1.165, 1.54) is 19.2 Å². The standard InChI is InChI=1S/C40H38F3N3O6S/c1-51-31-19-17-25(18-20-31)23-45-24-34(39(48)52-2)46-37(47)36(44-30-14-4-5-15-30)33(22-27-11-7-10-26-9-3-6-16-32(26)27)35(38(46)53(45,49)50)28-12-8-13-29(21-28)40(41,42)43/h3,6-13,16-21,30,34,44H,4-5,14-15,22-24H2,1-2H3. The van der Waals surface area contributed by atoms with Gasteiger partial charge in [0.2, 0.25) is 0 Å². The number of nitrogens with one attached hydrogen (secondary N) is 1. The molecule has 1 fully saturated rings. The third kappa shape index (κ3) is 6.91. The van der Waals surface area contributed by atoms with Crippen molar-refractivity contribution in [2.45, 2.75) is 61.9 Å². The molecule has 9 nitrogen and oxygen atoms in total. The molecule has 1 aromatic heterocycles. The summed E-state index contributed by atoms with van der Waals surface area (Å²) in [5.41, 5.74) is -0.330. The molecule has 13 heteroatoms. The van der Waals surface area contributed by atoms with Gasteiger partial charge in [-0.3, -0.25) is 9.36 Å². The lowest BCUT2D eigenvalue weighted by molar-refractivity contribution is -0.145. The third-order valence-electron chi connectivity index (χ3n) is 10.2. The Kier molecular flexibility index (Phi) is 9.81. The number of sulfonamides is 1. The topological polar surface area (TPSA) is 107 Å². The van der Waals surface area contributed by atoms with E-state index in [0.29, 0.717) is 11.3 Å². The summed E-state index contributed by atoms with van der Waals surface area (Å²) in [6.07, 6.45) is -1.46. The Labute approximate surface area is 305 Å². The molecule has 0 spiro atoms. The third-order valence-corrected chi connectivity index (χ3v) is 12.0. The van der Waals surface area contributed by atoms with E-state index in [4.69, 9.17) is 9.47 Å². The SMILES string of the molecule is COC(=O)C1CN(Cc2ccc(OC)cc2)S(=O)(=O)c2c(-c3cccc(C(F)(F)F)c3)c(Cc3cccc4ccccc34)c(NC3CCCC3)c(=O)n21. The van der Waals surface area contributed by atoms with Crippen molar-refractivity contribution >= 4 is 32.5 Å². The number of esters is 1. The molecule has 1 aliphatic carbocycles. The number of methoxy groups -OCH3 is 2. The predicted molar refractivity (Wildman–Crippen MR) is 195 cm³/mol. The van der Waals surface area contributed by atoms with Crippen LogP contribution in [0, 0.1) is 0 Å². The van der Waals surface area contributed by atoms with Crippen LogP contribution in [0.5, 0.6) is 5.75 Å². The molecule has 0 saturated heterocycles. The molecule has 1 atom stereocenters. The summed E-state index contributed by atoms with van der Waals surface area (Å²) in [6, 6.07) is 22.7. The summed E-state index contributed by atoms with van der Waals surface area (Å²) in [7, 11) is -2.03. The highest BCUT2D eigenvalue weighted by atomic mass is 32.2. The highest BCUT2D eigenvalue weighted by Gasteiger charge is 2.45. The number of alkyl halides is 3. The van der Waals surface area contributed by atoms with E-state index < -0.39 is 50.9 Å². The molecule has 0 amide bonds. The number of ether oxygens (including phenoxy) is 2. The Morgan fingerprint density at radius 2 is 1.62 bits per heavy atom. The van der Waals surface area contributed by atoms with Crippen LogP contribution in [0.1, 0.15) is 54.0 Å². The molecule has 2 aliphatic rings. The Balaban J connectivity index is 1.57. The average molecular weight is 746 g/mol. The first-order chi connectivity index (χ1) is 25.4. The fourth-order valence-corrected chi connectivity index (χ4v) is 9.39. The molecular formula is C40H38F3N3O6S. The number of anilines is 1. The van der Waals surface area contributed by atoms with Crippen molar-refractivity contribution in [3.63, 3.8) is 0 Å². The monoisotopic (exact) mass is 745 g/mol. The van der Waals surface area contributed by atoms with Crippen LogP contribution >= 0.6 is 0 Å². The van der Waals surface area contributed by atoms with Gasteiger partial charge in [0.15, 0.2) is 5.03 Å². The number of hydrogen-bond donors (Lipinski definition) is 1. The van der Waals surface area contributed by atoms with Gasteiger partial charge in [-0.05, 0) is 70.1 Å². The first-order valence-corrected chi connectivity index (χ1v) is 18.8. The van der Waals surface area contributed by atoms with Gasteiger partial charge in [0.25, 0.3) is 15.6 Å². The fourth-order valence-electron chi connectivity index (χ4n) is 7.53. The molecular weight excluding hydrogens is 708 g/mol. The lowest BCUT2D eigenvalue weighted by Crippen LogP contribution is -2.50. The van der Waals surface area contributed by atoms with E-state index in [2.05, 4.69) is 5.32 Å². The molecule has 276 valence electrons. The van der Waals surface area contributed by atoms with Gasteiger partial charge in [-0.1, -0.05) is 79.6 Å². The first kappa shape index (κ1) is 36.2. The van der Waals surface area contributed by atoms with E-state index >= 15 is 8.42 Å². The summed E-state index contributed by atoms with van der Waals surface area (Å²) in [6.45, 7) is -0.641. The van der Waals surface area contributed by atoms with Crippen LogP contribution in [0.25, 0.3) is 21.9 Å². The highest BCUT2D eigenvalue weighted by Crippen LogP contribution is 2.43.